The van der Waals surface area contributed by atoms with Gasteiger partial charge >= 0.3 is 0 Å². The van der Waals surface area contributed by atoms with Crippen LogP contribution in [0, 0.1) is 17.2 Å². The van der Waals surface area contributed by atoms with Gasteiger partial charge in [-0.1, -0.05) is 0 Å². The van der Waals surface area contributed by atoms with Gasteiger partial charge in [0.05, 0.1) is 12.3 Å². The van der Waals surface area contributed by atoms with Gasteiger partial charge < -0.3 is 0 Å². The molecule has 0 radical (unpaired) electrons. The van der Waals surface area contributed by atoms with Crippen LogP contribution in [0.5, 0.6) is 0 Å². The largest absolute Gasteiger partial charge is 0.298 e. The van der Waals surface area contributed by atoms with Crippen molar-refractivity contribution < 1.29 is 8.42 Å². The molecule has 1 unspecified atom stereocenters. The zero-order valence-electron chi connectivity index (χ0n) is 12.6. The molecule has 1 atom stereocenters. The molecule has 0 aromatic heterocycles. The summed E-state index contributed by atoms with van der Waals surface area (Å²) < 4.78 is 24.6. The lowest BCUT2D eigenvalue weighted by molar-refractivity contribution is 0.145. The molecular weight excluding hydrogens is 288 g/mol. The van der Waals surface area contributed by atoms with Crippen molar-refractivity contribution in [2.24, 2.45) is 5.92 Å². The zero-order valence-corrected chi connectivity index (χ0v) is 13.4. The standard InChI is InChI=1S/C14H24N4O2S/c1-21(19,20)18-8-6-17(7-9-18)11-14(10-15,12-2-3-12)16-13-4-5-13/h12-13,16H,2-9,11H2,1H3. The van der Waals surface area contributed by atoms with Crippen LogP contribution >= 0.6 is 0 Å². The van der Waals surface area contributed by atoms with E-state index in [1.807, 2.05) is 0 Å². The van der Waals surface area contributed by atoms with Gasteiger partial charge in [0.1, 0.15) is 5.54 Å². The van der Waals surface area contributed by atoms with E-state index in [4.69, 9.17) is 0 Å². The van der Waals surface area contributed by atoms with Gasteiger partial charge in [-0.05, 0) is 31.6 Å². The SMILES string of the molecule is CS(=O)(=O)N1CCN(CC(C#N)(NC2CC2)C2CC2)CC1. The molecule has 118 valence electrons. The predicted octanol–water partition coefficient (Wildman–Crippen LogP) is -0.0120. The van der Waals surface area contributed by atoms with Crippen molar-refractivity contribution in [3.8, 4) is 6.07 Å². The quantitative estimate of drug-likeness (QED) is 0.746. The summed E-state index contributed by atoms with van der Waals surface area (Å²) in [6.07, 6.45) is 5.89. The van der Waals surface area contributed by atoms with Gasteiger partial charge in [0, 0.05) is 38.8 Å². The highest BCUT2D eigenvalue weighted by Gasteiger charge is 2.49. The zero-order chi connectivity index (χ0) is 15.1. The second-order valence-electron chi connectivity index (χ2n) is 6.71. The van der Waals surface area contributed by atoms with E-state index in [1.165, 1.54) is 23.4 Å². The number of hydrogen-bond acceptors (Lipinski definition) is 5. The molecule has 2 saturated carbocycles. The first-order valence-electron chi connectivity index (χ1n) is 7.79. The van der Waals surface area contributed by atoms with Crippen molar-refractivity contribution in [2.45, 2.75) is 37.3 Å². The van der Waals surface area contributed by atoms with Gasteiger partial charge in [-0.25, -0.2) is 8.42 Å². The second kappa shape index (κ2) is 5.51. The van der Waals surface area contributed by atoms with E-state index in [0.717, 1.165) is 32.5 Å². The fourth-order valence-electron chi connectivity index (χ4n) is 3.19. The van der Waals surface area contributed by atoms with Gasteiger partial charge in [-0.15, -0.1) is 0 Å². The van der Waals surface area contributed by atoms with Crippen LogP contribution < -0.4 is 5.32 Å². The van der Waals surface area contributed by atoms with E-state index in [0.29, 0.717) is 25.0 Å². The Morgan fingerprint density at radius 3 is 2.24 bits per heavy atom. The van der Waals surface area contributed by atoms with E-state index >= 15 is 0 Å². The highest BCUT2D eigenvalue weighted by Crippen LogP contribution is 2.41. The van der Waals surface area contributed by atoms with Crippen LogP contribution in [0.15, 0.2) is 0 Å². The van der Waals surface area contributed by atoms with Crippen molar-refractivity contribution in [1.82, 2.24) is 14.5 Å². The average Bonchev–Trinajstić information content (AvgIpc) is 3.30. The summed E-state index contributed by atoms with van der Waals surface area (Å²) in [4.78, 5) is 2.25. The second-order valence-corrected chi connectivity index (χ2v) is 8.70. The summed E-state index contributed by atoms with van der Waals surface area (Å²) in [6, 6.07) is 3.07. The van der Waals surface area contributed by atoms with Gasteiger partial charge in [-0.3, -0.25) is 10.2 Å². The Kier molecular flexibility index (Phi) is 3.99. The van der Waals surface area contributed by atoms with Crippen LogP contribution in [0.25, 0.3) is 0 Å². The Hall–Kier alpha value is -0.680. The molecule has 0 aromatic carbocycles. The minimum absolute atomic E-state index is 0.422. The number of piperazine rings is 1. The van der Waals surface area contributed by atoms with Crippen LogP contribution in [0.3, 0.4) is 0 Å². The van der Waals surface area contributed by atoms with E-state index < -0.39 is 15.6 Å². The molecule has 3 rings (SSSR count). The molecule has 0 spiro atoms. The fraction of sp³-hybridized carbons (Fsp3) is 0.929. The molecule has 21 heavy (non-hydrogen) atoms. The minimum atomic E-state index is -3.09. The van der Waals surface area contributed by atoms with Crippen LogP contribution in [-0.4, -0.2) is 68.2 Å². The summed E-state index contributed by atoms with van der Waals surface area (Å²) in [5.41, 5.74) is -0.422. The summed E-state index contributed by atoms with van der Waals surface area (Å²) >= 11 is 0. The molecule has 1 N–H and O–H groups in total. The van der Waals surface area contributed by atoms with Crippen molar-refractivity contribution in [2.75, 3.05) is 39.0 Å². The Labute approximate surface area is 127 Å². The molecule has 1 heterocycles. The minimum Gasteiger partial charge on any atom is -0.298 e. The van der Waals surface area contributed by atoms with Gasteiger partial charge in [0.2, 0.25) is 10.0 Å². The van der Waals surface area contributed by atoms with E-state index in [-0.39, 0.29) is 0 Å². The average molecular weight is 312 g/mol. The fourth-order valence-corrected chi connectivity index (χ4v) is 4.02. The molecule has 7 heteroatoms. The van der Waals surface area contributed by atoms with Crippen LogP contribution in [-0.2, 0) is 10.0 Å². The molecule has 0 aromatic rings. The molecule has 1 saturated heterocycles. The maximum absolute atomic E-state index is 11.5. The van der Waals surface area contributed by atoms with Crippen molar-refractivity contribution in [3.05, 3.63) is 0 Å². The first-order valence-corrected chi connectivity index (χ1v) is 9.64. The summed E-state index contributed by atoms with van der Waals surface area (Å²) in [5.74, 6) is 0.469. The maximum atomic E-state index is 11.5. The van der Waals surface area contributed by atoms with Crippen molar-refractivity contribution >= 4 is 10.0 Å². The summed E-state index contributed by atoms with van der Waals surface area (Å²) in [6.45, 7) is 3.23. The highest BCUT2D eigenvalue weighted by molar-refractivity contribution is 7.88. The third-order valence-electron chi connectivity index (χ3n) is 4.79. The molecule has 6 nitrogen and oxygen atoms in total. The summed E-state index contributed by atoms with van der Waals surface area (Å²) in [7, 11) is -3.09. The van der Waals surface area contributed by atoms with Gasteiger partial charge in [0.15, 0.2) is 0 Å². The Bertz CT molecular complexity index is 528. The molecule has 3 aliphatic rings. The molecule has 0 amide bonds. The number of nitrogens with zero attached hydrogens (tertiary/aromatic N) is 3. The lowest BCUT2D eigenvalue weighted by Gasteiger charge is -2.39. The van der Waals surface area contributed by atoms with E-state index in [1.54, 1.807) is 0 Å². The molecule has 3 fully saturated rings. The van der Waals surface area contributed by atoms with Crippen LogP contribution in [0.1, 0.15) is 25.7 Å². The summed E-state index contributed by atoms with van der Waals surface area (Å²) in [5, 5.41) is 13.3. The lowest BCUT2D eigenvalue weighted by Crippen LogP contribution is -2.58. The first kappa shape index (κ1) is 15.2. The van der Waals surface area contributed by atoms with E-state index in [2.05, 4.69) is 16.3 Å². The number of nitriles is 1. The number of hydrogen-bond donors (Lipinski definition) is 1. The van der Waals surface area contributed by atoms with Crippen LogP contribution in [0.2, 0.25) is 0 Å². The molecule has 2 aliphatic carbocycles. The monoisotopic (exact) mass is 312 g/mol. The molecule has 0 bridgehead atoms. The van der Waals surface area contributed by atoms with Gasteiger partial charge in [0.25, 0.3) is 0 Å². The number of nitrogens with one attached hydrogen (secondary N) is 1. The number of rotatable bonds is 6. The molecular formula is C14H24N4O2S. The number of sulfonamides is 1. The maximum Gasteiger partial charge on any atom is 0.211 e. The van der Waals surface area contributed by atoms with Crippen LogP contribution in [0.4, 0.5) is 0 Å². The Balaban J connectivity index is 1.61. The van der Waals surface area contributed by atoms with Crippen molar-refractivity contribution in [1.29, 1.82) is 5.26 Å². The highest BCUT2D eigenvalue weighted by atomic mass is 32.2. The lowest BCUT2D eigenvalue weighted by atomic mass is 9.93. The topological polar surface area (TPSA) is 76.4 Å². The third kappa shape index (κ3) is 3.57. The third-order valence-corrected chi connectivity index (χ3v) is 6.09. The normalized spacial score (nSPS) is 28.0. The Morgan fingerprint density at radius 2 is 1.81 bits per heavy atom. The molecule has 1 aliphatic heterocycles. The smallest absolute Gasteiger partial charge is 0.211 e. The predicted molar refractivity (Wildman–Crippen MR) is 80.1 cm³/mol. The Morgan fingerprint density at radius 1 is 1.19 bits per heavy atom. The van der Waals surface area contributed by atoms with Gasteiger partial charge in [-0.2, -0.15) is 9.57 Å². The van der Waals surface area contributed by atoms with E-state index in [9.17, 15) is 13.7 Å². The van der Waals surface area contributed by atoms with Crippen molar-refractivity contribution in [3.63, 3.8) is 0 Å². The first-order chi connectivity index (χ1) is 9.93.